The van der Waals surface area contributed by atoms with Crippen LogP contribution >= 0.6 is 0 Å². The largest absolute Gasteiger partial charge is 0.495 e. The molecule has 0 spiro atoms. The summed E-state index contributed by atoms with van der Waals surface area (Å²) in [5.41, 5.74) is 0.536. The van der Waals surface area contributed by atoms with Gasteiger partial charge in [0, 0.05) is 6.54 Å². The van der Waals surface area contributed by atoms with Crippen LogP contribution < -0.4 is 20.5 Å². The van der Waals surface area contributed by atoms with Gasteiger partial charge in [0.15, 0.2) is 0 Å². The first kappa shape index (κ1) is 15.3. The number of rotatable bonds is 6. The maximum Gasteiger partial charge on any atom is 0.319 e. The van der Waals surface area contributed by atoms with Crippen molar-refractivity contribution in [1.82, 2.24) is 5.32 Å². The van der Waals surface area contributed by atoms with Crippen LogP contribution in [0.2, 0.25) is 0 Å². The summed E-state index contributed by atoms with van der Waals surface area (Å²) in [6.45, 7) is 0.220. The molecule has 8 heteroatoms. The third kappa shape index (κ3) is 6.07. The molecule has 0 fully saturated rings. The summed E-state index contributed by atoms with van der Waals surface area (Å²) in [6.07, 6.45) is 0.262. The maximum atomic E-state index is 11.5. The summed E-state index contributed by atoms with van der Waals surface area (Å²) in [7, 11) is -1.98. The second-order valence-corrected chi connectivity index (χ2v) is 5.54. The van der Waals surface area contributed by atoms with Gasteiger partial charge in [0.1, 0.15) is 5.75 Å². The van der Waals surface area contributed by atoms with Gasteiger partial charge in [0.25, 0.3) is 0 Å². The van der Waals surface area contributed by atoms with E-state index < -0.39 is 16.1 Å². The summed E-state index contributed by atoms with van der Waals surface area (Å²) in [5.74, 6) is 0.379. The smallest absolute Gasteiger partial charge is 0.319 e. The lowest BCUT2D eigenvalue weighted by atomic mass is 10.3. The Kier molecular flexibility index (Phi) is 5.58. The van der Waals surface area contributed by atoms with Crippen LogP contribution in [0.5, 0.6) is 5.75 Å². The van der Waals surface area contributed by atoms with Gasteiger partial charge in [-0.15, -0.1) is 0 Å². The number of nitrogens with one attached hydrogen (secondary N) is 2. The molecule has 1 aromatic rings. The number of hydrogen-bond acceptors (Lipinski definition) is 4. The quantitative estimate of drug-likeness (QED) is 0.661. The topological polar surface area (TPSA) is 111 Å². The van der Waals surface area contributed by atoms with Crippen LogP contribution in [-0.2, 0) is 10.0 Å². The second-order valence-electron chi connectivity index (χ2n) is 3.80. The Labute approximate surface area is 112 Å². The molecule has 1 rings (SSSR count). The molecule has 7 nitrogen and oxygen atoms in total. The van der Waals surface area contributed by atoms with E-state index in [1.165, 1.54) is 7.11 Å². The Morgan fingerprint density at radius 2 is 2.05 bits per heavy atom. The van der Waals surface area contributed by atoms with Crippen LogP contribution in [0.1, 0.15) is 6.42 Å². The number of ether oxygens (including phenoxy) is 1. The van der Waals surface area contributed by atoms with E-state index in [4.69, 9.17) is 9.88 Å². The highest BCUT2D eigenvalue weighted by Crippen LogP contribution is 2.22. The second kappa shape index (κ2) is 6.95. The number of primary sulfonamides is 1. The normalized spacial score (nSPS) is 10.8. The number of nitrogens with two attached hydrogens (primary N) is 1. The minimum Gasteiger partial charge on any atom is -0.495 e. The number of benzene rings is 1. The first-order valence-electron chi connectivity index (χ1n) is 5.61. The van der Waals surface area contributed by atoms with Crippen molar-refractivity contribution in [3.8, 4) is 5.75 Å². The zero-order chi connectivity index (χ0) is 14.3. The minimum absolute atomic E-state index is 0.165. The van der Waals surface area contributed by atoms with E-state index in [2.05, 4.69) is 10.6 Å². The molecule has 2 amide bonds. The van der Waals surface area contributed by atoms with Crippen LogP contribution in [0.4, 0.5) is 10.5 Å². The van der Waals surface area contributed by atoms with Crippen LogP contribution in [0.25, 0.3) is 0 Å². The first-order chi connectivity index (χ1) is 8.92. The Balaban J connectivity index is 2.39. The molecule has 19 heavy (non-hydrogen) atoms. The van der Waals surface area contributed by atoms with E-state index in [0.717, 1.165) is 0 Å². The monoisotopic (exact) mass is 287 g/mol. The van der Waals surface area contributed by atoms with E-state index in [1.807, 2.05) is 0 Å². The molecular formula is C11H17N3O4S. The van der Waals surface area contributed by atoms with Gasteiger partial charge in [-0.25, -0.2) is 18.4 Å². The molecule has 0 aromatic heterocycles. The highest BCUT2D eigenvalue weighted by molar-refractivity contribution is 7.89. The third-order valence-electron chi connectivity index (χ3n) is 2.25. The van der Waals surface area contributed by atoms with Crippen molar-refractivity contribution in [2.75, 3.05) is 24.7 Å². The van der Waals surface area contributed by atoms with E-state index in [1.54, 1.807) is 24.3 Å². The van der Waals surface area contributed by atoms with Crippen molar-refractivity contribution in [2.24, 2.45) is 5.14 Å². The lowest BCUT2D eigenvalue weighted by molar-refractivity contribution is 0.252. The lowest BCUT2D eigenvalue weighted by Crippen LogP contribution is -2.31. The molecule has 0 atom stereocenters. The molecule has 0 saturated heterocycles. The fourth-order valence-electron chi connectivity index (χ4n) is 1.39. The number of carbonyl (C=O) groups excluding carboxylic acids is 1. The predicted molar refractivity (Wildman–Crippen MR) is 72.6 cm³/mol. The Morgan fingerprint density at radius 1 is 1.37 bits per heavy atom. The predicted octanol–water partition coefficient (Wildman–Crippen LogP) is 0.495. The van der Waals surface area contributed by atoms with Gasteiger partial charge in [0.2, 0.25) is 10.0 Å². The van der Waals surface area contributed by atoms with Gasteiger partial charge in [-0.1, -0.05) is 12.1 Å². The van der Waals surface area contributed by atoms with Gasteiger partial charge in [-0.05, 0) is 18.6 Å². The van der Waals surface area contributed by atoms with Crippen molar-refractivity contribution in [3.05, 3.63) is 24.3 Å². The number of methoxy groups -OCH3 is 1. The molecule has 0 bridgehead atoms. The van der Waals surface area contributed by atoms with E-state index in [-0.39, 0.29) is 18.7 Å². The summed E-state index contributed by atoms with van der Waals surface area (Å²) in [5, 5.41) is 9.97. The average molecular weight is 287 g/mol. The molecule has 0 saturated carbocycles. The average Bonchev–Trinajstić information content (AvgIpc) is 2.34. The van der Waals surface area contributed by atoms with Crippen molar-refractivity contribution < 1.29 is 17.9 Å². The molecule has 0 unspecified atom stereocenters. The molecular weight excluding hydrogens is 270 g/mol. The van der Waals surface area contributed by atoms with Crippen molar-refractivity contribution in [3.63, 3.8) is 0 Å². The first-order valence-corrected chi connectivity index (χ1v) is 7.32. The van der Waals surface area contributed by atoms with Crippen LogP contribution in [-0.4, -0.2) is 33.9 Å². The molecule has 0 aliphatic heterocycles. The van der Waals surface area contributed by atoms with E-state index in [9.17, 15) is 13.2 Å². The zero-order valence-corrected chi connectivity index (χ0v) is 11.4. The lowest BCUT2D eigenvalue weighted by Gasteiger charge is -2.10. The highest BCUT2D eigenvalue weighted by Gasteiger charge is 2.07. The minimum atomic E-state index is -3.48. The van der Waals surface area contributed by atoms with Crippen molar-refractivity contribution >= 4 is 21.7 Å². The van der Waals surface area contributed by atoms with Crippen LogP contribution in [0.3, 0.4) is 0 Å². The summed E-state index contributed by atoms with van der Waals surface area (Å²) in [6, 6.07) is 6.53. The number of amides is 2. The number of urea groups is 1. The SMILES string of the molecule is COc1ccccc1NC(=O)NCCCS(N)(=O)=O. The molecule has 0 aliphatic rings. The number of hydrogen-bond donors (Lipinski definition) is 3. The highest BCUT2D eigenvalue weighted by atomic mass is 32.2. The number of carbonyl (C=O) groups is 1. The molecule has 4 N–H and O–H groups in total. The standard InChI is InChI=1S/C11H17N3O4S/c1-18-10-6-3-2-5-9(10)14-11(15)13-7-4-8-19(12,16)17/h2-3,5-6H,4,7-8H2,1H3,(H2,12,16,17)(H2,13,14,15). The van der Waals surface area contributed by atoms with Crippen molar-refractivity contribution in [1.29, 1.82) is 0 Å². The van der Waals surface area contributed by atoms with Crippen LogP contribution in [0.15, 0.2) is 24.3 Å². The van der Waals surface area contributed by atoms with Gasteiger partial charge < -0.3 is 15.4 Å². The number of anilines is 1. The molecule has 0 aliphatic carbocycles. The van der Waals surface area contributed by atoms with Crippen molar-refractivity contribution in [2.45, 2.75) is 6.42 Å². The summed E-state index contributed by atoms with van der Waals surface area (Å²) < 4.78 is 26.4. The van der Waals surface area contributed by atoms with Gasteiger partial charge in [0.05, 0.1) is 18.6 Å². The van der Waals surface area contributed by atoms with Gasteiger partial charge >= 0.3 is 6.03 Å². The third-order valence-corrected chi connectivity index (χ3v) is 3.10. The van der Waals surface area contributed by atoms with E-state index in [0.29, 0.717) is 11.4 Å². The Bertz CT molecular complexity index is 530. The summed E-state index contributed by atoms with van der Waals surface area (Å²) in [4.78, 5) is 11.5. The van der Waals surface area contributed by atoms with Gasteiger partial charge in [-0.2, -0.15) is 0 Å². The Hall–Kier alpha value is -1.80. The fourth-order valence-corrected chi connectivity index (χ4v) is 1.94. The number of sulfonamides is 1. The Morgan fingerprint density at radius 3 is 2.68 bits per heavy atom. The molecule has 0 radical (unpaired) electrons. The number of para-hydroxylation sites is 2. The van der Waals surface area contributed by atoms with Crippen LogP contribution in [0, 0.1) is 0 Å². The molecule has 106 valence electrons. The fraction of sp³-hybridized carbons (Fsp3) is 0.364. The maximum absolute atomic E-state index is 11.5. The molecule has 0 heterocycles. The van der Waals surface area contributed by atoms with E-state index >= 15 is 0 Å². The van der Waals surface area contributed by atoms with Gasteiger partial charge in [-0.3, -0.25) is 0 Å². The zero-order valence-electron chi connectivity index (χ0n) is 10.5. The molecule has 1 aromatic carbocycles. The summed E-state index contributed by atoms with van der Waals surface area (Å²) >= 11 is 0.